The minimum atomic E-state index is -1.77. The molecule has 0 aromatic carbocycles. The first kappa shape index (κ1) is 25.8. The Kier molecular flexibility index (Phi) is 7.92. The maximum Gasteiger partial charge on any atom is 0.346 e. The van der Waals surface area contributed by atoms with Crippen molar-refractivity contribution >= 4 is 17.7 Å². The van der Waals surface area contributed by atoms with Crippen molar-refractivity contribution in [3.8, 4) is 0 Å². The van der Waals surface area contributed by atoms with Crippen LogP contribution < -0.4 is 22.3 Å². The number of nitrogens with one attached hydrogen (secondary N) is 1. The number of halogens is 1. The fraction of sp³-hybridized carbons (Fsp3) is 0.600. The molecule has 0 radical (unpaired) electrons. The molecule has 2 atom stereocenters. The molecule has 2 N–H and O–H groups in total. The van der Waals surface area contributed by atoms with Gasteiger partial charge in [0.25, 0.3) is 5.91 Å². The van der Waals surface area contributed by atoms with E-state index in [9.17, 15) is 14.7 Å². The Bertz CT molecular complexity index is 991. The molecule has 2 bridgehead atoms. The number of amides is 1. The van der Waals surface area contributed by atoms with Crippen LogP contribution in [0.25, 0.3) is 0 Å². The Morgan fingerprint density at radius 3 is 2.60 bits per heavy atom. The van der Waals surface area contributed by atoms with Crippen LogP contribution in [0.2, 0.25) is 0 Å². The normalized spacial score (nSPS) is 27.9. The molecule has 1 aliphatic carbocycles. The third-order valence-electron chi connectivity index (χ3n) is 8.01. The lowest BCUT2D eigenvalue weighted by atomic mass is 9.75. The van der Waals surface area contributed by atoms with E-state index in [1.165, 1.54) is 18.7 Å². The number of esters is 1. The Labute approximate surface area is 215 Å². The van der Waals surface area contributed by atoms with E-state index in [0.717, 1.165) is 58.0 Å². The van der Waals surface area contributed by atoms with Crippen molar-refractivity contribution in [2.45, 2.75) is 56.7 Å². The molecular formula is C25H33BrN4O5. The lowest BCUT2D eigenvalue weighted by Gasteiger charge is -2.51. The van der Waals surface area contributed by atoms with E-state index in [2.05, 4.69) is 15.3 Å². The fourth-order valence-electron chi connectivity index (χ4n) is 6.14. The lowest BCUT2D eigenvalue weighted by molar-refractivity contribution is -0.939. The zero-order valence-corrected chi connectivity index (χ0v) is 21.4. The molecule has 4 aliphatic rings. The second-order valence-electron chi connectivity index (χ2n) is 10.1. The lowest BCUT2D eigenvalue weighted by Crippen LogP contribution is -3.00. The summed E-state index contributed by atoms with van der Waals surface area (Å²) in [6.07, 6.45) is 12.2. The number of hydrogen-bond donors (Lipinski definition) is 2. The number of quaternary nitrogens is 1. The van der Waals surface area contributed by atoms with Crippen LogP contribution >= 0.6 is 0 Å². The second-order valence-corrected chi connectivity index (χ2v) is 10.1. The number of aliphatic hydroxyl groups is 1. The molecule has 1 unspecified atom stereocenters. The van der Waals surface area contributed by atoms with Gasteiger partial charge < -0.3 is 41.0 Å². The highest BCUT2D eigenvalue weighted by Crippen LogP contribution is 2.42. The molecular weight excluding hydrogens is 516 g/mol. The number of nitrogens with zero attached hydrogens (tertiary/aromatic N) is 3. The summed E-state index contributed by atoms with van der Waals surface area (Å²) in [6.45, 7) is 2.61. The van der Waals surface area contributed by atoms with Gasteiger partial charge in [0.2, 0.25) is 5.60 Å². The third kappa shape index (κ3) is 5.29. The number of piperidine rings is 3. The first-order valence-corrected chi connectivity index (χ1v) is 12.4. The summed E-state index contributed by atoms with van der Waals surface area (Å²) in [5, 5.41) is 14.5. The smallest absolute Gasteiger partial charge is 0.346 e. The van der Waals surface area contributed by atoms with Crippen LogP contribution in [0.1, 0.15) is 50.7 Å². The number of aromatic nitrogens is 2. The standard InChI is InChI=1S/C25H32N4O5.BrH/c30-23(28-22-15-26-10-11-27-22)17-29-12-8-18(9-13-29)20(16-29)34-24(31)25(32,21-7-4-14-33-21)19-5-2-1-3-6-19;/h4,7,10-11,14-15,18-20,32H,1-3,5-6,8-9,12-13,16-17H2;1H/t18?,20-,25?,29?;/m0./s1. The number of furan rings is 1. The predicted molar refractivity (Wildman–Crippen MR) is 122 cm³/mol. The van der Waals surface area contributed by atoms with Crippen molar-refractivity contribution in [2.75, 3.05) is 31.5 Å². The number of fused-ring (bicyclic) bond motifs is 3. The van der Waals surface area contributed by atoms with Crippen molar-refractivity contribution in [1.29, 1.82) is 0 Å². The quantitative estimate of drug-likeness (QED) is 0.358. The van der Waals surface area contributed by atoms with Crippen molar-refractivity contribution in [1.82, 2.24) is 9.97 Å². The van der Waals surface area contributed by atoms with Crippen LogP contribution in [0.4, 0.5) is 5.82 Å². The van der Waals surface area contributed by atoms with E-state index in [1.54, 1.807) is 18.3 Å². The van der Waals surface area contributed by atoms with Crippen LogP contribution in [0, 0.1) is 11.8 Å². The first-order chi connectivity index (χ1) is 16.5. The highest BCUT2D eigenvalue weighted by atomic mass is 79.9. The van der Waals surface area contributed by atoms with E-state index in [-0.39, 0.29) is 46.6 Å². The van der Waals surface area contributed by atoms with Crippen LogP contribution in [-0.4, -0.2) is 63.7 Å². The molecule has 0 spiro atoms. The largest absolute Gasteiger partial charge is 1.00 e. The summed E-state index contributed by atoms with van der Waals surface area (Å²) in [7, 11) is 0. The molecule has 2 aromatic heterocycles. The molecule has 3 saturated heterocycles. The molecule has 6 rings (SSSR count). The number of carbonyl (C=O) groups excluding carboxylic acids is 2. The van der Waals surface area contributed by atoms with Crippen LogP contribution in [0.5, 0.6) is 0 Å². The molecule has 190 valence electrons. The molecule has 5 heterocycles. The molecule has 2 aromatic rings. The molecule has 3 aliphatic heterocycles. The topological polar surface area (TPSA) is 115 Å². The average Bonchev–Trinajstić information content (AvgIpc) is 3.40. The van der Waals surface area contributed by atoms with Crippen molar-refractivity contribution in [3.63, 3.8) is 0 Å². The van der Waals surface area contributed by atoms with Crippen molar-refractivity contribution in [3.05, 3.63) is 42.7 Å². The number of carbonyl (C=O) groups is 2. The summed E-state index contributed by atoms with van der Waals surface area (Å²) < 4.78 is 12.2. The predicted octanol–water partition coefficient (Wildman–Crippen LogP) is -0.368. The zero-order valence-electron chi connectivity index (χ0n) is 19.8. The number of rotatable bonds is 7. The minimum Gasteiger partial charge on any atom is -1.00 e. The van der Waals surface area contributed by atoms with Gasteiger partial charge in [0.1, 0.15) is 12.3 Å². The highest BCUT2D eigenvalue weighted by molar-refractivity contribution is 5.90. The van der Waals surface area contributed by atoms with E-state index in [0.29, 0.717) is 23.4 Å². The number of anilines is 1. The summed E-state index contributed by atoms with van der Waals surface area (Å²) in [4.78, 5) is 34.4. The summed E-state index contributed by atoms with van der Waals surface area (Å²) in [6, 6.07) is 3.36. The highest BCUT2D eigenvalue weighted by Gasteiger charge is 2.54. The Morgan fingerprint density at radius 2 is 1.94 bits per heavy atom. The van der Waals surface area contributed by atoms with Gasteiger partial charge in [0.05, 0.1) is 25.5 Å². The van der Waals surface area contributed by atoms with Crippen LogP contribution in [-0.2, 0) is 19.9 Å². The Morgan fingerprint density at radius 1 is 1.17 bits per heavy atom. The summed E-state index contributed by atoms with van der Waals surface area (Å²) in [5.41, 5.74) is -1.77. The molecule has 9 nitrogen and oxygen atoms in total. The zero-order chi connectivity index (χ0) is 23.6. The molecule has 1 saturated carbocycles. The van der Waals surface area contributed by atoms with E-state index < -0.39 is 11.6 Å². The van der Waals surface area contributed by atoms with E-state index in [4.69, 9.17) is 9.15 Å². The van der Waals surface area contributed by atoms with Gasteiger partial charge in [-0.3, -0.25) is 9.78 Å². The van der Waals surface area contributed by atoms with Gasteiger partial charge in [-0.15, -0.1) is 0 Å². The monoisotopic (exact) mass is 548 g/mol. The summed E-state index contributed by atoms with van der Waals surface area (Å²) in [5.74, 6) is -0.0222. The molecule has 35 heavy (non-hydrogen) atoms. The molecule has 10 heteroatoms. The third-order valence-corrected chi connectivity index (χ3v) is 8.01. The first-order valence-electron chi connectivity index (χ1n) is 12.4. The van der Waals surface area contributed by atoms with Gasteiger partial charge in [0, 0.05) is 37.1 Å². The minimum absolute atomic E-state index is 0. The Hall–Kier alpha value is -2.30. The van der Waals surface area contributed by atoms with Gasteiger partial charge in [-0.25, -0.2) is 9.78 Å². The fourth-order valence-corrected chi connectivity index (χ4v) is 6.14. The van der Waals surface area contributed by atoms with Gasteiger partial charge in [-0.05, 0) is 25.0 Å². The van der Waals surface area contributed by atoms with Crippen molar-refractivity contribution < 1.29 is 45.3 Å². The van der Waals surface area contributed by atoms with Gasteiger partial charge in [-0.2, -0.15) is 0 Å². The number of ether oxygens (including phenoxy) is 1. The van der Waals surface area contributed by atoms with Gasteiger partial charge in [-0.1, -0.05) is 19.3 Å². The van der Waals surface area contributed by atoms with Crippen LogP contribution in [0.15, 0.2) is 41.4 Å². The summed E-state index contributed by atoms with van der Waals surface area (Å²) >= 11 is 0. The maximum atomic E-state index is 13.5. The van der Waals surface area contributed by atoms with E-state index in [1.807, 2.05) is 0 Å². The van der Waals surface area contributed by atoms with Gasteiger partial charge in [0.15, 0.2) is 18.5 Å². The Balaban J connectivity index is 0.00000289. The number of hydrogen-bond acceptors (Lipinski definition) is 7. The van der Waals surface area contributed by atoms with Crippen LogP contribution in [0.3, 0.4) is 0 Å². The second kappa shape index (κ2) is 10.8. The maximum absolute atomic E-state index is 13.5. The SMILES string of the molecule is O=C(C[N+]12CCC(CC1)[C@@H](OC(=O)C(O)(c1ccco1)C1CCCCC1)C2)Nc1cnccn1.[Br-]. The average molecular weight is 549 g/mol. The molecule has 4 fully saturated rings. The molecule has 1 amide bonds. The van der Waals surface area contributed by atoms with Crippen molar-refractivity contribution in [2.24, 2.45) is 11.8 Å². The van der Waals surface area contributed by atoms with Gasteiger partial charge >= 0.3 is 5.97 Å². The van der Waals surface area contributed by atoms with E-state index >= 15 is 0 Å².